The number of anilines is 2. The van der Waals surface area contributed by atoms with E-state index in [4.69, 9.17) is 40.5 Å². The number of nitriles is 1. The largest absolute Gasteiger partial charge is 0.462 e. The molecule has 0 aliphatic carbocycles. The summed E-state index contributed by atoms with van der Waals surface area (Å²) in [4.78, 5) is 90.7. The molecule has 0 saturated carbocycles. The van der Waals surface area contributed by atoms with Crippen molar-refractivity contribution in [3.8, 4) is 33.6 Å². The molecule has 21 nitrogen and oxygen atoms in total. The number of aromatic nitrogens is 3. The highest BCUT2D eigenvalue weighted by atomic mass is 35.5. The number of aliphatic hydroxyl groups is 1. The summed E-state index contributed by atoms with van der Waals surface area (Å²) in [5.74, 6) is -2.49. The van der Waals surface area contributed by atoms with E-state index in [0.29, 0.717) is 51.3 Å². The van der Waals surface area contributed by atoms with E-state index in [2.05, 4.69) is 31.9 Å². The Kier molecular flexibility index (Phi) is 20.6. The van der Waals surface area contributed by atoms with Crippen LogP contribution in [0.15, 0.2) is 48.0 Å². The molecular formula is C67H82ClF2N11O10S2. The summed E-state index contributed by atoms with van der Waals surface area (Å²) in [6.07, 6.45) is 1.55. The highest BCUT2D eigenvalue weighted by Crippen LogP contribution is 2.47. The summed E-state index contributed by atoms with van der Waals surface area (Å²) in [7, 11) is 0. The third kappa shape index (κ3) is 15.6. The quantitative estimate of drug-likeness (QED) is 0.0550. The molecule has 7 heterocycles. The van der Waals surface area contributed by atoms with Crippen molar-refractivity contribution in [2.45, 2.75) is 175 Å². The summed E-state index contributed by atoms with van der Waals surface area (Å²) >= 11 is 9.48. The maximum Gasteiger partial charge on any atom is 0.412 e. The van der Waals surface area contributed by atoms with Crippen LogP contribution in [0.4, 0.5) is 29.2 Å². The first-order chi connectivity index (χ1) is 44.0. The van der Waals surface area contributed by atoms with Crippen molar-refractivity contribution in [3.05, 3.63) is 81.5 Å². The van der Waals surface area contributed by atoms with Gasteiger partial charge < -0.3 is 44.5 Å². The van der Waals surface area contributed by atoms with E-state index < -0.39 is 76.3 Å². The first kappa shape index (κ1) is 68.5. The number of hydrogen-bond acceptors (Lipinski definition) is 18. The number of nitrogens with one attached hydrogen (secondary N) is 3. The van der Waals surface area contributed by atoms with Crippen LogP contribution in [0.1, 0.15) is 137 Å². The molecule has 4 fully saturated rings. The SMILES string of the molecule is Cc1ncsc1-c1ccc([C@H](C)NC(=O)[C@@H]2C[C@@H](O)CN2C(=O)[C@@H](NC(=O)CCOCCCN2CCCC2COc2nc(N3CC4CCC(C3)N4C(=O)OC(C)(C)C)c3cc(Cl)c(-c4ccc(F)c5sc(NC(=O)OC(C)(C)C)c(C#N)c45)c(F)c3n2)C(C)(C)C)cc1. The van der Waals surface area contributed by atoms with E-state index in [9.17, 15) is 34.3 Å². The van der Waals surface area contributed by atoms with Crippen LogP contribution in [0.3, 0.4) is 0 Å². The number of β-amino-alcohol motifs (C(OH)–C–C–N with tert-alkyl or cyclic N) is 1. The Morgan fingerprint density at radius 3 is 2.28 bits per heavy atom. The van der Waals surface area contributed by atoms with Gasteiger partial charge in [0.1, 0.15) is 58.1 Å². The standard InChI is InChI=1S/C67H82ClF2N11O10S2/c1-36(38-15-17-39(18-16-38)55-37(2)72-35-92-55)73-59(84)49-28-43(82)33-80(49)61(85)57(65(3,4)5)74-50(83)23-27-88-26-13-25-78-24-12-14-42(78)34-89-62-75-54-45(58(76-62)79-31-40-19-20-41(32-79)81(40)64(87)91-67(9,10)11)29-47(68)52(53(54)70)44-21-22-48(69)56-51(44)46(30-71)60(93-56)77-63(86)90-66(6,7)8/h15-18,21-22,29,35-36,40-43,49,57,82H,12-14,19-20,23-28,31-34H2,1-11H3,(H,73,84)(H,74,83)(H,77,86)/t36-,40?,41?,42?,43+,49-,57+/m0/s1. The van der Waals surface area contributed by atoms with Crippen LogP contribution in [-0.4, -0.2) is 165 Å². The molecule has 10 rings (SSSR count). The Morgan fingerprint density at radius 2 is 1.62 bits per heavy atom. The van der Waals surface area contributed by atoms with Crippen LogP contribution in [0.2, 0.25) is 5.02 Å². The molecule has 6 aromatic rings. The molecule has 3 unspecified atom stereocenters. The molecule has 7 atom stereocenters. The molecule has 4 aliphatic rings. The monoisotopic (exact) mass is 1340 g/mol. The third-order valence-corrected chi connectivity index (χ3v) is 19.6. The second-order valence-electron chi connectivity index (χ2n) is 27.5. The van der Waals surface area contributed by atoms with Gasteiger partial charge in [0.2, 0.25) is 17.7 Å². The number of benzene rings is 3. The van der Waals surface area contributed by atoms with E-state index in [1.165, 1.54) is 11.0 Å². The number of nitrogens with zero attached hydrogens (tertiary/aromatic N) is 8. The number of carbonyl (C=O) groups excluding carboxylic acids is 5. The Labute approximate surface area is 553 Å². The molecule has 4 saturated heterocycles. The van der Waals surface area contributed by atoms with E-state index in [1.807, 2.05) is 84.6 Å². The minimum Gasteiger partial charge on any atom is -0.462 e. The molecule has 3 aromatic heterocycles. The number of carbonyl (C=O) groups is 5. The maximum absolute atomic E-state index is 17.9. The number of aryl methyl sites for hydroxylation is 1. The lowest BCUT2D eigenvalue weighted by molar-refractivity contribution is -0.144. The van der Waals surface area contributed by atoms with Crippen LogP contribution in [0, 0.1) is 35.3 Å². The number of hydrogen-bond donors (Lipinski definition) is 4. The van der Waals surface area contributed by atoms with E-state index in [-0.39, 0.29) is 110 Å². The number of ether oxygens (including phenoxy) is 4. The van der Waals surface area contributed by atoms with Crippen LogP contribution >= 0.6 is 34.3 Å². The van der Waals surface area contributed by atoms with Crippen molar-refractivity contribution in [3.63, 3.8) is 0 Å². The van der Waals surface area contributed by atoms with Crippen LogP contribution in [0.25, 0.3) is 42.6 Å². The molecule has 0 spiro atoms. The second-order valence-corrected chi connectivity index (χ2v) is 29.8. The van der Waals surface area contributed by atoms with Gasteiger partial charge in [0.15, 0.2) is 5.82 Å². The summed E-state index contributed by atoms with van der Waals surface area (Å²) in [6.45, 7) is 22.4. The number of likely N-dealkylation sites (tertiary alicyclic amines) is 2. The first-order valence-corrected chi connectivity index (χ1v) is 33.7. The number of fused-ring (bicyclic) bond motifs is 4. The zero-order valence-corrected chi connectivity index (χ0v) is 56.8. The smallest absolute Gasteiger partial charge is 0.412 e. The lowest BCUT2D eigenvalue weighted by Gasteiger charge is -2.42. The number of piperazine rings is 1. The zero-order valence-electron chi connectivity index (χ0n) is 54.4. The van der Waals surface area contributed by atoms with Crippen molar-refractivity contribution < 1.29 is 56.8 Å². The van der Waals surface area contributed by atoms with Gasteiger partial charge in [0, 0.05) is 68.0 Å². The summed E-state index contributed by atoms with van der Waals surface area (Å²) in [6, 6.07) is 11.0. The van der Waals surface area contributed by atoms with Gasteiger partial charge in [0.25, 0.3) is 0 Å². The predicted octanol–water partition coefficient (Wildman–Crippen LogP) is 11.7. The fourth-order valence-corrected chi connectivity index (χ4v) is 15.0. The van der Waals surface area contributed by atoms with Crippen molar-refractivity contribution in [1.82, 2.24) is 40.3 Å². The molecule has 498 valence electrons. The Morgan fingerprint density at radius 1 is 0.914 bits per heavy atom. The lowest BCUT2D eigenvalue weighted by Crippen LogP contribution is -2.58. The number of thiazole rings is 1. The molecule has 5 amide bonds. The van der Waals surface area contributed by atoms with Gasteiger partial charge in [-0.25, -0.2) is 23.4 Å². The highest BCUT2D eigenvalue weighted by molar-refractivity contribution is 7.23. The highest BCUT2D eigenvalue weighted by Gasteiger charge is 2.47. The van der Waals surface area contributed by atoms with Crippen molar-refractivity contribution in [1.29, 1.82) is 5.26 Å². The van der Waals surface area contributed by atoms with Gasteiger partial charge in [-0.1, -0.05) is 62.7 Å². The molecular weight excluding hydrogens is 1260 g/mol. The minimum absolute atomic E-state index is 0.00729. The zero-order chi connectivity index (χ0) is 67.0. The Balaban J connectivity index is 0.788. The van der Waals surface area contributed by atoms with Gasteiger partial charge >= 0.3 is 18.2 Å². The van der Waals surface area contributed by atoms with Gasteiger partial charge in [0.05, 0.1) is 62.2 Å². The fraction of sp³-hybridized carbons (Fsp3) is 0.537. The van der Waals surface area contributed by atoms with Crippen molar-refractivity contribution >= 4 is 96.0 Å². The van der Waals surface area contributed by atoms with Crippen LogP contribution in [-0.2, 0) is 28.6 Å². The lowest BCUT2D eigenvalue weighted by atomic mass is 9.85. The molecule has 4 N–H and O–H groups in total. The number of aliphatic hydroxyl groups excluding tert-OH is 1. The molecule has 0 radical (unpaired) electrons. The third-order valence-electron chi connectivity index (χ3n) is 17.2. The summed E-state index contributed by atoms with van der Waals surface area (Å²) in [5, 5.41) is 30.1. The molecule has 2 bridgehead atoms. The minimum atomic E-state index is -0.998. The first-order valence-electron chi connectivity index (χ1n) is 31.6. The van der Waals surface area contributed by atoms with Crippen LogP contribution in [0.5, 0.6) is 6.01 Å². The molecule has 3 aromatic carbocycles. The van der Waals surface area contributed by atoms with Gasteiger partial charge in [-0.05, 0) is 128 Å². The summed E-state index contributed by atoms with van der Waals surface area (Å²) < 4.78 is 57.3. The number of thiophene rings is 1. The fourth-order valence-electron chi connectivity index (χ4n) is 12.8. The maximum atomic E-state index is 17.9. The molecule has 4 aliphatic heterocycles. The topological polar surface area (TPSA) is 254 Å². The second kappa shape index (κ2) is 27.9. The van der Waals surface area contributed by atoms with Gasteiger partial charge in [-0.15, -0.1) is 22.7 Å². The average molecular weight is 1340 g/mol. The van der Waals surface area contributed by atoms with Gasteiger partial charge in [-0.3, -0.25) is 29.5 Å². The normalized spacial score (nSPS) is 20.0. The van der Waals surface area contributed by atoms with Crippen molar-refractivity contribution in [2.75, 3.05) is 62.8 Å². The number of rotatable bonds is 19. The van der Waals surface area contributed by atoms with E-state index in [1.54, 1.807) is 48.6 Å². The van der Waals surface area contributed by atoms with E-state index in [0.717, 1.165) is 58.5 Å². The molecule has 93 heavy (non-hydrogen) atoms. The van der Waals surface area contributed by atoms with E-state index >= 15 is 8.78 Å². The van der Waals surface area contributed by atoms with Gasteiger partial charge in [-0.2, -0.15) is 15.2 Å². The number of halogens is 3. The Hall–Kier alpha value is -7.34. The number of amides is 5. The average Bonchev–Trinajstić information content (AvgIpc) is 1.73. The summed E-state index contributed by atoms with van der Waals surface area (Å²) in [5.41, 5.74) is 2.00. The Bertz CT molecular complexity index is 3830. The predicted molar refractivity (Wildman–Crippen MR) is 353 cm³/mol. The van der Waals surface area contributed by atoms with Crippen LogP contribution < -0.4 is 25.6 Å². The molecule has 26 heteroatoms. The van der Waals surface area contributed by atoms with Crippen molar-refractivity contribution in [2.24, 2.45) is 5.41 Å².